The fourth-order valence-corrected chi connectivity index (χ4v) is 2.05. The van der Waals surface area contributed by atoms with E-state index in [1.54, 1.807) is 0 Å². The lowest BCUT2D eigenvalue weighted by Gasteiger charge is -2.28. The Hall–Kier alpha value is -1.29. The van der Waals surface area contributed by atoms with Gasteiger partial charge in [-0.3, -0.25) is 4.79 Å². The maximum atomic E-state index is 13.5. The van der Waals surface area contributed by atoms with Crippen LogP contribution in [0.25, 0.3) is 0 Å². The van der Waals surface area contributed by atoms with Gasteiger partial charge in [-0.15, -0.1) is 0 Å². The molecule has 0 aromatic heterocycles. The number of Topliss-reactive ketones (excluding diaryl/α,β-unsaturated/α-hetero) is 1. The molecule has 0 bridgehead atoms. The van der Waals surface area contributed by atoms with Gasteiger partial charge in [0.2, 0.25) is 0 Å². The standard InChI is InChI=1S/C14H18F2O2/c1-4-14(5-2,18-3)13(17)8-10-6-7-11(15)9-12(10)16/h6-7,9H,4-5,8H2,1-3H3. The number of rotatable bonds is 6. The van der Waals surface area contributed by atoms with Gasteiger partial charge in [-0.2, -0.15) is 0 Å². The molecule has 0 unspecified atom stereocenters. The molecule has 0 radical (unpaired) electrons. The average Bonchev–Trinajstić information content (AvgIpc) is 2.36. The van der Waals surface area contributed by atoms with Crippen molar-refractivity contribution in [3.05, 3.63) is 35.4 Å². The van der Waals surface area contributed by atoms with Gasteiger partial charge in [-0.1, -0.05) is 19.9 Å². The van der Waals surface area contributed by atoms with E-state index in [4.69, 9.17) is 4.74 Å². The normalized spacial score (nSPS) is 11.6. The summed E-state index contributed by atoms with van der Waals surface area (Å²) in [6, 6.07) is 3.24. The molecule has 4 heteroatoms. The van der Waals surface area contributed by atoms with E-state index < -0.39 is 17.2 Å². The summed E-state index contributed by atoms with van der Waals surface area (Å²) in [5.74, 6) is -1.52. The highest BCUT2D eigenvalue weighted by Crippen LogP contribution is 2.23. The molecule has 2 nitrogen and oxygen atoms in total. The predicted molar refractivity (Wildman–Crippen MR) is 65.4 cm³/mol. The summed E-state index contributed by atoms with van der Waals surface area (Å²) in [5.41, 5.74) is -0.675. The van der Waals surface area contributed by atoms with Gasteiger partial charge in [-0.05, 0) is 24.5 Å². The molecule has 0 aliphatic carbocycles. The predicted octanol–water partition coefficient (Wildman–Crippen LogP) is 3.28. The third-order valence-corrected chi connectivity index (χ3v) is 3.41. The van der Waals surface area contributed by atoms with E-state index in [0.29, 0.717) is 12.8 Å². The van der Waals surface area contributed by atoms with Crippen molar-refractivity contribution >= 4 is 5.78 Å². The Morgan fingerprint density at radius 2 is 1.89 bits per heavy atom. The lowest BCUT2D eigenvalue weighted by Crippen LogP contribution is -2.40. The maximum absolute atomic E-state index is 13.5. The van der Waals surface area contributed by atoms with Crippen LogP contribution in [0.1, 0.15) is 32.3 Å². The SMILES string of the molecule is CCC(CC)(OC)C(=O)Cc1ccc(F)cc1F. The van der Waals surface area contributed by atoms with Crippen molar-refractivity contribution < 1.29 is 18.3 Å². The highest BCUT2D eigenvalue weighted by Gasteiger charge is 2.34. The van der Waals surface area contributed by atoms with E-state index >= 15 is 0 Å². The van der Waals surface area contributed by atoms with Gasteiger partial charge in [0.05, 0.1) is 0 Å². The average molecular weight is 256 g/mol. The minimum Gasteiger partial charge on any atom is -0.370 e. The Labute approximate surface area is 106 Å². The number of carbonyl (C=O) groups is 1. The molecule has 18 heavy (non-hydrogen) atoms. The van der Waals surface area contributed by atoms with Crippen LogP contribution in [0.5, 0.6) is 0 Å². The first-order valence-corrected chi connectivity index (χ1v) is 6.01. The lowest BCUT2D eigenvalue weighted by atomic mass is 9.88. The summed E-state index contributed by atoms with van der Waals surface area (Å²) >= 11 is 0. The van der Waals surface area contributed by atoms with Crippen molar-refractivity contribution in [3.8, 4) is 0 Å². The van der Waals surface area contributed by atoms with Crippen LogP contribution in [0, 0.1) is 11.6 Å². The first kappa shape index (κ1) is 14.8. The fourth-order valence-electron chi connectivity index (χ4n) is 2.05. The van der Waals surface area contributed by atoms with Crippen LogP contribution >= 0.6 is 0 Å². The molecule has 0 saturated carbocycles. The topological polar surface area (TPSA) is 26.3 Å². The summed E-state index contributed by atoms with van der Waals surface area (Å²) in [4.78, 5) is 12.2. The summed E-state index contributed by atoms with van der Waals surface area (Å²) in [7, 11) is 1.48. The summed E-state index contributed by atoms with van der Waals surface area (Å²) in [5, 5.41) is 0. The Morgan fingerprint density at radius 1 is 1.28 bits per heavy atom. The van der Waals surface area contributed by atoms with Crippen molar-refractivity contribution in [1.29, 1.82) is 0 Å². The quantitative estimate of drug-likeness (QED) is 0.780. The smallest absolute Gasteiger partial charge is 0.169 e. The van der Waals surface area contributed by atoms with E-state index in [1.165, 1.54) is 13.2 Å². The van der Waals surface area contributed by atoms with Gasteiger partial charge in [0.25, 0.3) is 0 Å². The molecule has 1 aromatic carbocycles. The second kappa shape index (κ2) is 6.05. The second-order valence-corrected chi connectivity index (χ2v) is 4.24. The minimum absolute atomic E-state index is 0.0817. The van der Waals surface area contributed by atoms with E-state index in [9.17, 15) is 13.6 Å². The lowest BCUT2D eigenvalue weighted by molar-refractivity contribution is -0.141. The van der Waals surface area contributed by atoms with E-state index in [1.807, 2.05) is 13.8 Å². The van der Waals surface area contributed by atoms with Gasteiger partial charge in [0.15, 0.2) is 5.78 Å². The van der Waals surface area contributed by atoms with Gasteiger partial charge >= 0.3 is 0 Å². The van der Waals surface area contributed by atoms with Crippen LogP contribution < -0.4 is 0 Å². The molecule has 0 aliphatic rings. The molecule has 0 aliphatic heterocycles. The Balaban J connectivity index is 2.93. The number of methoxy groups -OCH3 is 1. The number of halogens is 2. The summed E-state index contributed by atoms with van der Waals surface area (Å²) in [6.07, 6.45) is 0.977. The number of ether oxygens (including phenoxy) is 1. The van der Waals surface area contributed by atoms with Crippen LogP contribution in [0.4, 0.5) is 8.78 Å². The van der Waals surface area contributed by atoms with Crippen molar-refractivity contribution in [2.24, 2.45) is 0 Å². The number of hydrogen-bond acceptors (Lipinski definition) is 2. The third kappa shape index (κ3) is 2.93. The Morgan fingerprint density at radius 3 is 2.33 bits per heavy atom. The molecule has 1 rings (SSSR count). The van der Waals surface area contributed by atoms with Gasteiger partial charge < -0.3 is 4.74 Å². The van der Waals surface area contributed by atoms with Gasteiger partial charge in [0.1, 0.15) is 17.2 Å². The number of hydrogen-bond donors (Lipinski definition) is 0. The van der Waals surface area contributed by atoms with Crippen molar-refractivity contribution in [2.45, 2.75) is 38.7 Å². The number of carbonyl (C=O) groups excluding carboxylic acids is 1. The molecular weight excluding hydrogens is 238 g/mol. The molecule has 1 aromatic rings. The van der Waals surface area contributed by atoms with Crippen LogP contribution in [0.2, 0.25) is 0 Å². The van der Waals surface area contributed by atoms with Gasteiger partial charge in [0, 0.05) is 19.6 Å². The molecule has 0 N–H and O–H groups in total. The largest absolute Gasteiger partial charge is 0.370 e. The van der Waals surface area contributed by atoms with Crippen molar-refractivity contribution in [1.82, 2.24) is 0 Å². The first-order chi connectivity index (χ1) is 8.49. The number of benzene rings is 1. The first-order valence-electron chi connectivity index (χ1n) is 6.01. The van der Waals surface area contributed by atoms with E-state index in [2.05, 4.69) is 0 Å². The zero-order chi connectivity index (χ0) is 13.8. The number of ketones is 1. The van der Waals surface area contributed by atoms with Crippen LogP contribution in [-0.4, -0.2) is 18.5 Å². The molecule has 0 atom stereocenters. The van der Waals surface area contributed by atoms with E-state index in [0.717, 1.165) is 12.1 Å². The van der Waals surface area contributed by atoms with Gasteiger partial charge in [-0.25, -0.2) is 8.78 Å². The molecular formula is C14H18F2O2. The summed E-state index contributed by atoms with van der Waals surface area (Å²) < 4.78 is 31.5. The van der Waals surface area contributed by atoms with Crippen LogP contribution in [-0.2, 0) is 16.0 Å². The van der Waals surface area contributed by atoms with Crippen LogP contribution in [0.15, 0.2) is 18.2 Å². The Bertz CT molecular complexity index is 418. The molecule has 0 spiro atoms. The van der Waals surface area contributed by atoms with Crippen molar-refractivity contribution in [2.75, 3.05) is 7.11 Å². The molecule has 100 valence electrons. The summed E-state index contributed by atoms with van der Waals surface area (Å²) in [6.45, 7) is 3.71. The zero-order valence-corrected chi connectivity index (χ0v) is 10.9. The monoisotopic (exact) mass is 256 g/mol. The second-order valence-electron chi connectivity index (χ2n) is 4.24. The Kier molecular flexibility index (Phi) is 4.96. The molecule has 0 fully saturated rings. The molecule has 0 heterocycles. The fraction of sp³-hybridized carbons (Fsp3) is 0.500. The molecule has 0 saturated heterocycles. The highest BCUT2D eigenvalue weighted by molar-refractivity contribution is 5.89. The van der Waals surface area contributed by atoms with Crippen molar-refractivity contribution in [3.63, 3.8) is 0 Å². The minimum atomic E-state index is -0.874. The molecule has 0 amide bonds. The highest BCUT2D eigenvalue weighted by atomic mass is 19.1. The third-order valence-electron chi connectivity index (χ3n) is 3.41. The zero-order valence-electron chi connectivity index (χ0n) is 10.9. The van der Waals surface area contributed by atoms with E-state index in [-0.39, 0.29) is 17.8 Å². The maximum Gasteiger partial charge on any atom is 0.169 e. The van der Waals surface area contributed by atoms with Crippen LogP contribution in [0.3, 0.4) is 0 Å².